The third-order valence-electron chi connectivity index (χ3n) is 2.34. The molecule has 0 spiro atoms. The quantitative estimate of drug-likeness (QED) is 0.826. The molecular formula is C12H18N4O. The van der Waals surface area contributed by atoms with E-state index >= 15 is 0 Å². The first-order chi connectivity index (χ1) is 8.24. The maximum atomic E-state index is 5.26. The van der Waals surface area contributed by atoms with Crippen molar-refractivity contribution < 1.29 is 4.42 Å². The van der Waals surface area contributed by atoms with E-state index in [1.165, 1.54) is 0 Å². The Morgan fingerprint density at radius 2 is 2.35 bits per heavy atom. The zero-order chi connectivity index (χ0) is 12.1. The molecule has 0 amide bonds. The monoisotopic (exact) mass is 234 g/mol. The van der Waals surface area contributed by atoms with Gasteiger partial charge in [0.15, 0.2) is 0 Å². The highest BCUT2D eigenvalue weighted by Crippen LogP contribution is 2.03. The van der Waals surface area contributed by atoms with Crippen LogP contribution in [-0.4, -0.2) is 21.5 Å². The van der Waals surface area contributed by atoms with E-state index in [4.69, 9.17) is 4.42 Å². The van der Waals surface area contributed by atoms with E-state index in [2.05, 4.69) is 29.5 Å². The normalized spacial score (nSPS) is 11.2. The van der Waals surface area contributed by atoms with E-state index in [-0.39, 0.29) is 0 Å². The lowest BCUT2D eigenvalue weighted by atomic mass is 10.2. The van der Waals surface area contributed by atoms with Gasteiger partial charge in [0.1, 0.15) is 12.3 Å². The van der Waals surface area contributed by atoms with Gasteiger partial charge in [-0.2, -0.15) is 0 Å². The molecule has 0 saturated carbocycles. The van der Waals surface area contributed by atoms with Crippen LogP contribution in [0.4, 0.5) is 0 Å². The van der Waals surface area contributed by atoms with Crippen molar-refractivity contribution >= 4 is 0 Å². The summed E-state index contributed by atoms with van der Waals surface area (Å²) in [5, 5.41) is 11.5. The molecule has 0 fully saturated rings. The Labute approximate surface area is 101 Å². The van der Waals surface area contributed by atoms with Gasteiger partial charge in [-0.15, -0.1) is 5.10 Å². The molecule has 2 heterocycles. The van der Waals surface area contributed by atoms with Gasteiger partial charge in [-0.1, -0.05) is 19.1 Å². The van der Waals surface area contributed by atoms with Crippen LogP contribution in [0.1, 0.15) is 25.3 Å². The molecule has 0 atom stereocenters. The van der Waals surface area contributed by atoms with E-state index in [1.54, 1.807) is 10.9 Å². The number of rotatable bonds is 6. The first-order valence-electron chi connectivity index (χ1n) is 5.86. The minimum absolute atomic E-state index is 0.629. The van der Waals surface area contributed by atoms with Crippen LogP contribution in [0.2, 0.25) is 0 Å². The van der Waals surface area contributed by atoms with Crippen LogP contribution in [0.25, 0.3) is 0 Å². The van der Waals surface area contributed by atoms with E-state index in [1.807, 2.05) is 18.3 Å². The van der Waals surface area contributed by atoms with Gasteiger partial charge in [0.25, 0.3) is 0 Å². The Hall–Kier alpha value is -1.62. The molecule has 2 aromatic heterocycles. The summed E-state index contributed by atoms with van der Waals surface area (Å²) in [5.41, 5.74) is 0.956. The van der Waals surface area contributed by atoms with Gasteiger partial charge in [-0.05, 0) is 24.6 Å². The largest absolute Gasteiger partial charge is 0.467 e. The maximum Gasteiger partial charge on any atom is 0.125 e. The highest BCUT2D eigenvalue weighted by atomic mass is 16.3. The lowest BCUT2D eigenvalue weighted by Gasteiger charge is -2.04. The maximum absolute atomic E-state index is 5.26. The molecule has 1 N–H and O–H groups in total. The van der Waals surface area contributed by atoms with Crippen molar-refractivity contribution in [2.75, 3.05) is 6.54 Å². The lowest BCUT2D eigenvalue weighted by Crippen LogP contribution is -2.19. The van der Waals surface area contributed by atoms with E-state index < -0.39 is 0 Å². The number of nitrogens with zero attached hydrogens (tertiary/aromatic N) is 3. The van der Waals surface area contributed by atoms with Crippen LogP contribution < -0.4 is 5.32 Å². The SMILES string of the molecule is CC(C)CNCc1cn(Cc2ccco2)nn1. The van der Waals surface area contributed by atoms with Crippen molar-refractivity contribution in [1.29, 1.82) is 0 Å². The molecule has 0 saturated heterocycles. The highest BCUT2D eigenvalue weighted by molar-refractivity contribution is 5.00. The van der Waals surface area contributed by atoms with Crippen molar-refractivity contribution in [2.24, 2.45) is 5.92 Å². The van der Waals surface area contributed by atoms with Gasteiger partial charge in [0.05, 0.1) is 18.2 Å². The van der Waals surface area contributed by atoms with Gasteiger partial charge in [0.2, 0.25) is 0 Å². The van der Waals surface area contributed by atoms with Crippen molar-refractivity contribution in [3.05, 3.63) is 36.0 Å². The molecule has 0 unspecified atom stereocenters. The second-order valence-corrected chi connectivity index (χ2v) is 4.51. The zero-order valence-corrected chi connectivity index (χ0v) is 10.3. The summed E-state index contributed by atoms with van der Waals surface area (Å²) < 4.78 is 7.04. The summed E-state index contributed by atoms with van der Waals surface area (Å²) in [5.74, 6) is 1.53. The van der Waals surface area contributed by atoms with Gasteiger partial charge in [-0.25, -0.2) is 4.68 Å². The highest BCUT2D eigenvalue weighted by Gasteiger charge is 2.03. The lowest BCUT2D eigenvalue weighted by molar-refractivity contribution is 0.475. The Morgan fingerprint density at radius 1 is 1.47 bits per heavy atom. The van der Waals surface area contributed by atoms with Crippen LogP contribution in [0, 0.1) is 5.92 Å². The summed E-state index contributed by atoms with van der Waals surface area (Å²) in [7, 11) is 0. The Morgan fingerprint density at radius 3 is 3.06 bits per heavy atom. The molecule has 5 nitrogen and oxygen atoms in total. The minimum atomic E-state index is 0.629. The van der Waals surface area contributed by atoms with E-state index in [0.717, 1.165) is 24.5 Å². The Bertz CT molecular complexity index is 433. The van der Waals surface area contributed by atoms with Crippen molar-refractivity contribution in [3.8, 4) is 0 Å². The molecule has 0 aliphatic carbocycles. The molecule has 0 bridgehead atoms. The van der Waals surface area contributed by atoms with Crippen LogP contribution in [0.15, 0.2) is 29.0 Å². The number of aromatic nitrogens is 3. The Kier molecular flexibility index (Phi) is 3.93. The fourth-order valence-corrected chi connectivity index (χ4v) is 1.55. The molecule has 17 heavy (non-hydrogen) atoms. The molecule has 5 heteroatoms. The van der Waals surface area contributed by atoms with Crippen LogP contribution in [-0.2, 0) is 13.1 Å². The number of furan rings is 1. The van der Waals surface area contributed by atoms with E-state index in [0.29, 0.717) is 12.5 Å². The average Bonchev–Trinajstić information content (AvgIpc) is 2.90. The molecule has 2 rings (SSSR count). The standard InChI is InChI=1S/C12H18N4O/c1-10(2)6-13-7-11-8-16(15-14-11)9-12-4-3-5-17-12/h3-5,8,10,13H,6-7,9H2,1-2H3. The zero-order valence-electron chi connectivity index (χ0n) is 10.3. The molecule has 0 aliphatic rings. The second-order valence-electron chi connectivity index (χ2n) is 4.51. The molecule has 2 aromatic rings. The third kappa shape index (κ3) is 3.71. The first kappa shape index (κ1) is 11.9. The van der Waals surface area contributed by atoms with Gasteiger partial charge in [-0.3, -0.25) is 0 Å². The van der Waals surface area contributed by atoms with Crippen molar-refractivity contribution in [1.82, 2.24) is 20.3 Å². The molecular weight excluding hydrogens is 216 g/mol. The topological polar surface area (TPSA) is 55.9 Å². The van der Waals surface area contributed by atoms with Crippen LogP contribution in [0.5, 0.6) is 0 Å². The smallest absolute Gasteiger partial charge is 0.125 e. The number of hydrogen-bond acceptors (Lipinski definition) is 4. The Balaban J connectivity index is 1.83. The molecule has 0 aliphatic heterocycles. The second kappa shape index (κ2) is 5.63. The molecule has 0 radical (unpaired) electrons. The van der Waals surface area contributed by atoms with Gasteiger partial charge >= 0.3 is 0 Å². The van der Waals surface area contributed by atoms with Gasteiger partial charge < -0.3 is 9.73 Å². The number of hydrogen-bond donors (Lipinski definition) is 1. The van der Waals surface area contributed by atoms with Crippen LogP contribution >= 0.6 is 0 Å². The summed E-state index contributed by atoms with van der Waals surface area (Å²) in [6, 6.07) is 3.80. The molecule has 92 valence electrons. The van der Waals surface area contributed by atoms with Crippen LogP contribution in [0.3, 0.4) is 0 Å². The third-order valence-corrected chi connectivity index (χ3v) is 2.34. The fourth-order valence-electron chi connectivity index (χ4n) is 1.55. The summed E-state index contributed by atoms with van der Waals surface area (Å²) in [4.78, 5) is 0. The predicted octanol–water partition coefficient (Wildman–Crippen LogP) is 1.67. The summed E-state index contributed by atoms with van der Waals surface area (Å²) in [6.45, 7) is 6.74. The van der Waals surface area contributed by atoms with Gasteiger partial charge in [0, 0.05) is 6.54 Å². The summed E-state index contributed by atoms with van der Waals surface area (Å²) >= 11 is 0. The van der Waals surface area contributed by atoms with E-state index in [9.17, 15) is 0 Å². The van der Waals surface area contributed by atoms with Crippen molar-refractivity contribution in [2.45, 2.75) is 26.9 Å². The minimum Gasteiger partial charge on any atom is -0.467 e. The first-order valence-corrected chi connectivity index (χ1v) is 5.86. The van der Waals surface area contributed by atoms with Crippen molar-refractivity contribution in [3.63, 3.8) is 0 Å². The molecule has 0 aromatic carbocycles. The predicted molar refractivity (Wildman–Crippen MR) is 64.4 cm³/mol. The average molecular weight is 234 g/mol. The number of nitrogens with one attached hydrogen (secondary N) is 1. The fraction of sp³-hybridized carbons (Fsp3) is 0.500. The summed E-state index contributed by atoms with van der Waals surface area (Å²) in [6.07, 6.45) is 3.60.